The van der Waals surface area contributed by atoms with E-state index in [2.05, 4.69) is 24.3 Å². The molecule has 0 bridgehead atoms. The van der Waals surface area contributed by atoms with Crippen LogP contribution in [-0.4, -0.2) is 5.34 Å². The Kier molecular flexibility index (Phi) is 2.38. The van der Waals surface area contributed by atoms with Crippen LogP contribution in [0.3, 0.4) is 0 Å². The van der Waals surface area contributed by atoms with E-state index in [1.807, 2.05) is 0 Å². The second-order valence-corrected chi connectivity index (χ2v) is 2.49. The maximum atomic E-state index is 4.76. The smallest absolute Gasteiger partial charge is 0.0967 e. The molecule has 2 aliphatic carbocycles. The molecule has 2 aliphatic rings. The van der Waals surface area contributed by atoms with Crippen molar-refractivity contribution in [3.8, 4) is 11.1 Å². The zero-order chi connectivity index (χ0) is 6.69. The van der Waals surface area contributed by atoms with Gasteiger partial charge in [-0.15, -0.1) is 23.2 Å². The van der Waals surface area contributed by atoms with E-state index in [-0.39, 0.29) is 5.34 Å². The van der Waals surface area contributed by atoms with Crippen LogP contribution in [0.15, 0.2) is 24.3 Å². The van der Waals surface area contributed by atoms with Gasteiger partial charge in [-0.1, -0.05) is 18.2 Å². The number of alkyl halides is 2. The van der Waals surface area contributed by atoms with Crippen LogP contribution in [0, 0.1) is 0 Å². The molecule has 0 radical (unpaired) electrons. The SMILES string of the molecule is ClCCl.c1cc2cc-2c1. The van der Waals surface area contributed by atoms with E-state index in [1.54, 1.807) is 0 Å². The van der Waals surface area contributed by atoms with Crippen molar-refractivity contribution in [1.82, 2.24) is 0 Å². The standard InChI is InChI=1S/C6H4.CH2Cl2/c1-2-5-4-6(5)3-1;2-1-3/h1-4H;1H2. The van der Waals surface area contributed by atoms with Crippen molar-refractivity contribution in [1.29, 1.82) is 0 Å². The predicted octanol–water partition coefficient (Wildman–Crippen LogP) is 3.09. The molecular weight excluding hydrogens is 155 g/mol. The maximum absolute atomic E-state index is 4.76. The van der Waals surface area contributed by atoms with Crippen molar-refractivity contribution in [3.05, 3.63) is 24.3 Å². The Morgan fingerprint density at radius 2 is 1.56 bits per heavy atom. The van der Waals surface area contributed by atoms with Crippen LogP contribution >= 0.6 is 23.2 Å². The third kappa shape index (κ3) is 1.88. The highest BCUT2D eigenvalue weighted by molar-refractivity contribution is 6.40. The molecule has 0 N–H and O–H groups in total. The molecule has 9 heavy (non-hydrogen) atoms. The topological polar surface area (TPSA) is 0 Å². The molecule has 0 saturated heterocycles. The molecule has 0 fully saturated rings. The lowest BCUT2D eigenvalue weighted by Gasteiger charge is -1.48. The normalized spacial score (nSPS) is 9.56. The van der Waals surface area contributed by atoms with Crippen molar-refractivity contribution in [2.45, 2.75) is 0 Å². The van der Waals surface area contributed by atoms with Crippen LogP contribution in [0.5, 0.6) is 0 Å². The summed E-state index contributed by atoms with van der Waals surface area (Å²) in [6, 6.07) is 8.48. The summed E-state index contributed by atoms with van der Waals surface area (Å²) in [7, 11) is 0. The molecule has 2 rings (SSSR count). The molecule has 0 saturated carbocycles. The lowest BCUT2D eigenvalue weighted by molar-refractivity contribution is 2.01. The molecule has 0 aromatic rings. The van der Waals surface area contributed by atoms with E-state index < -0.39 is 0 Å². The average molecular weight is 161 g/mol. The summed E-state index contributed by atoms with van der Waals surface area (Å²) >= 11 is 9.53. The third-order valence-corrected chi connectivity index (χ3v) is 1.11. The van der Waals surface area contributed by atoms with Crippen molar-refractivity contribution < 1.29 is 0 Å². The summed E-state index contributed by atoms with van der Waals surface area (Å²) in [5, 5.41) is 0.194. The largest absolute Gasteiger partial charge is 0.109 e. The van der Waals surface area contributed by atoms with Gasteiger partial charge in [0.25, 0.3) is 0 Å². The Morgan fingerprint density at radius 3 is 1.67 bits per heavy atom. The highest BCUT2D eigenvalue weighted by Crippen LogP contribution is 2.32. The summed E-state index contributed by atoms with van der Waals surface area (Å²) in [4.78, 5) is 0. The van der Waals surface area contributed by atoms with E-state index in [0.29, 0.717) is 0 Å². The molecular formula is C7H6Cl2. The monoisotopic (exact) mass is 160 g/mol. The van der Waals surface area contributed by atoms with Gasteiger partial charge in [-0.05, 0) is 17.2 Å². The fourth-order valence-electron chi connectivity index (χ4n) is 0.676. The Labute approximate surface area is 64.4 Å². The molecule has 0 heterocycles. The molecule has 0 nitrogen and oxygen atoms in total. The lowest BCUT2D eigenvalue weighted by Crippen LogP contribution is -1.24. The Hall–Kier alpha value is -0.200. The van der Waals surface area contributed by atoms with Crippen molar-refractivity contribution in [2.75, 3.05) is 5.34 Å². The quantitative estimate of drug-likeness (QED) is 0.520. The van der Waals surface area contributed by atoms with E-state index >= 15 is 0 Å². The summed E-state index contributed by atoms with van der Waals surface area (Å²) in [6.45, 7) is 0. The zero-order valence-electron chi connectivity index (χ0n) is 4.77. The minimum Gasteiger partial charge on any atom is -0.109 e. The van der Waals surface area contributed by atoms with Gasteiger partial charge in [0.2, 0.25) is 0 Å². The van der Waals surface area contributed by atoms with Gasteiger partial charge in [0.05, 0.1) is 5.34 Å². The summed E-state index contributed by atoms with van der Waals surface area (Å²) in [5.74, 6) is 0. The minimum atomic E-state index is 0.194. The molecule has 0 aromatic carbocycles. The van der Waals surface area contributed by atoms with Gasteiger partial charge < -0.3 is 0 Å². The first kappa shape index (κ1) is 6.91. The number of fused-ring (bicyclic) bond motifs is 1. The van der Waals surface area contributed by atoms with Gasteiger partial charge in [-0.2, -0.15) is 0 Å². The number of hydrogen-bond acceptors (Lipinski definition) is 0. The molecule has 0 atom stereocenters. The Balaban J connectivity index is 0.000000120. The highest BCUT2D eigenvalue weighted by atomic mass is 35.5. The van der Waals surface area contributed by atoms with E-state index in [0.717, 1.165) is 0 Å². The molecule has 0 unspecified atom stereocenters. The van der Waals surface area contributed by atoms with Crippen LogP contribution < -0.4 is 0 Å². The van der Waals surface area contributed by atoms with E-state index in [9.17, 15) is 0 Å². The van der Waals surface area contributed by atoms with Gasteiger partial charge in [0, 0.05) is 0 Å². The fourth-order valence-corrected chi connectivity index (χ4v) is 0.676. The molecule has 0 spiro atoms. The van der Waals surface area contributed by atoms with Crippen molar-refractivity contribution in [3.63, 3.8) is 0 Å². The van der Waals surface area contributed by atoms with Crippen LogP contribution in [0.2, 0.25) is 0 Å². The first-order valence-electron chi connectivity index (χ1n) is 2.61. The summed E-state index contributed by atoms with van der Waals surface area (Å²) in [6.07, 6.45) is 0. The van der Waals surface area contributed by atoms with Gasteiger partial charge in [0.15, 0.2) is 0 Å². The van der Waals surface area contributed by atoms with E-state index in [4.69, 9.17) is 23.2 Å². The number of halogens is 2. The second kappa shape index (κ2) is 3.09. The second-order valence-electron chi connectivity index (χ2n) is 1.68. The van der Waals surface area contributed by atoms with Crippen LogP contribution in [0.1, 0.15) is 0 Å². The summed E-state index contributed by atoms with van der Waals surface area (Å²) < 4.78 is 0. The summed E-state index contributed by atoms with van der Waals surface area (Å²) in [5.41, 5.74) is 2.85. The number of rotatable bonds is 0. The van der Waals surface area contributed by atoms with Crippen LogP contribution in [0.4, 0.5) is 0 Å². The molecule has 2 heteroatoms. The first-order valence-corrected chi connectivity index (χ1v) is 3.67. The van der Waals surface area contributed by atoms with Gasteiger partial charge in [-0.25, -0.2) is 0 Å². The Bertz CT molecular complexity index is 179. The molecule has 0 aromatic heterocycles. The number of benzene rings is 1. The molecule has 0 aliphatic heterocycles. The van der Waals surface area contributed by atoms with Crippen molar-refractivity contribution >= 4 is 23.2 Å². The fraction of sp³-hybridized carbons (Fsp3) is 0.143. The third-order valence-electron chi connectivity index (χ3n) is 1.11. The maximum Gasteiger partial charge on any atom is 0.0967 e. The van der Waals surface area contributed by atoms with Gasteiger partial charge in [-0.3, -0.25) is 0 Å². The zero-order valence-corrected chi connectivity index (χ0v) is 6.28. The molecule has 48 valence electrons. The Morgan fingerprint density at radius 1 is 1.11 bits per heavy atom. The van der Waals surface area contributed by atoms with Crippen molar-refractivity contribution in [2.24, 2.45) is 0 Å². The minimum absolute atomic E-state index is 0.194. The lowest BCUT2D eigenvalue weighted by atomic mass is 10.6. The number of hydrogen-bond donors (Lipinski definition) is 0. The highest BCUT2D eigenvalue weighted by Gasteiger charge is 2.06. The van der Waals surface area contributed by atoms with Crippen LogP contribution in [0.25, 0.3) is 11.1 Å². The average Bonchev–Trinajstić information content (AvgIpc) is 2.43. The van der Waals surface area contributed by atoms with Gasteiger partial charge >= 0.3 is 0 Å². The predicted molar refractivity (Wildman–Crippen MR) is 42.0 cm³/mol. The molecule has 0 amide bonds. The first-order chi connectivity index (χ1) is 4.38. The van der Waals surface area contributed by atoms with Gasteiger partial charge in [0.1, 0.15) is 0 Å². The van der Waals surface area contributed by atoms with E-state index in [1.165, 1.54) is 11.1 Å². The van der Waals surface area contributed by atoms with Crippen LogP contribution in [-0.2, 0) is 0 Å².